The van der Waals surface area contributed by atoms with Crippen LogP contribution in [0.15, 0.2) is 24.3 Å². The first-order valence-corrected chi connectivity index (χ1v) is 6.10. The van der Waals surface area contributed by atoms with Crippen LogP contribution in [0.3, 0.4) is 0 Å². The van der Waals surface area contributed by atoms with Gasteiger partial charge in [0.2, 0.25) is 5.78 Å². The third kappa shape index (κ3) is 5.94. The van der Waals surface area contributed by atoms with Gasteiger partial charge < -0.3 is 10.1 Å². The highest BCUT2D eigenvalue weighted by Gasteiger charge is 2.18. The molecule has 0 heterocycles. The second-order valence-electron chi connectivity index (χ2n) is 4.18. The number of esters is 1. The van der Waals surface area contributed by atoms with Crippen LogP contribution in [-0.2, 0) is 23.9 Å². The number of carbonyl (C=O) groups excluding carboxylic acids is 4. The molecule has 0 atom stereocenters. The number of rotatable bonds is 7. The molecule has 0 saturated carbocycles. The highest BCUT2D eigenvalue weighted by Crippen LogP contribution is 2.08. The number of benzene rings is 1. The number of Topliss-reactive ketones (excluding diaryl/α,β-unsaturated/α-hetero) is 2. The van der Waals surface area contributed by atoms with Crippen LogP contribution in [0.25, 0.3) is 0 Å². The average molecular weight is 295 g/mol. The molecule has 1 N–H and O–H groups in total. The van der Waals surface area contributed by atoms with Crippen molar-refractivity contribution >= 4 is 29.1 Å². The van der Waals surface area contributed by atoms with Crippen LogP contribution in [0.5, 0.6) is 0 Å². The summed E-state index contributed by atoms with van der Waals surface area (Å²) in [6, 6.07) is 4.84. The first-order valence-electron chi connectivity index (χ1n) is 6.10. The van der Waals surface area contributed by atoms with E-state index >= 15 is 0 Å². The number of ether oxygens (including phenoxy) is 1. The molecule has 0 aromatic heterocycles. The molecule has 0 bridgehead atoms. The Morgan fingerprint density at radius 2 is 1.71 bits per heavy atom. The van der Waals surface area contributed by atoms with Crippen molar-refractivity contribution in [2.75, 3.05) is 12.4 Å². The molecular formula is C14H14FNO5. The number of hydrogen-bond acceptors (Lipinski definition) is 5. The fourth-order valence-corrected chi connectivity index (χ4v) is 1.43. The lowest BCUT2D eigenvalue weighted by atomic mass is 10.1. The van der Waals surface area contributed by atoms with Gasteiger partial charge in [0.15, 0.2) is 0 Å². The van der Waals surface area contributed by atoms with E-state index in [0.29, 0.717) is 0 Å². The third-order valence-corrected chi connectivity index (χ3v) is 2.55. The molecule has 6 nitrogen and oxygen atoms in total. The molecule has 1 aromatic rings. The SMILES string of the molecule is COC(=O)CCC(=O)CC(=O)C(=O)Nc1ccc(F)cc1. The molecule has 0 aliphatic rings. The van der Waals surface area contributed by atoms with Crippen LogP contribution in [0, 0.1) is 5.82 Å². The summed E-state index contributed by atoms with van der Waals surface area (Å²) in [6.07, 6.45) is -0.894. The lowest BCUT2D eigenvalue weighted by Gasteiger charge is -2.04. The summed E-state index contributed by atoms with van der Waals surface area (Å²) in [7, 11) is 1.19. The molecule has 0 unspecified atom stereocenters. The maximum Gasteiger partial charge on any atom is 0.305 e. The van der Waals surface area contributed by atoms with Gasteiger partial charge in [0.25, 0.3) is 5.91 Å². The smallest absolute Gasteiger partial charge is 0.305 e. The predicted molar refractivity (Wildman–Crippen MR) is 70.9 cm³/mol. The Balaban J connectivity index is 2.44. The minimum Gasteiger partial charge on any atom is -0.469 e. The normalized spacial score (nSPS) is 9.81. The van der Waals surface area contributed by atoms with E-state index in [-0.39, 0.29) is 18.5 Å². The second-order valence-corrected chi connectivity index (χ2v) is 4.18. The fourth-order valence-electron chi connectivity index (χ4n) is 1.43. The first-order chi connectivity index (χ1) is 9.92. The van der Waals surface area contributed by atoms with E-state index in [2.05, 4.69) is 10.1 Å². The summed E-state index contributed by atoms with van der Waals surface area (Å²) in [5, 5.41) is 2.25. The minimum atomic E-state index is -0.965. The number of amides is 1. The topological polar surface area (TPSA) is 89.5 Å². The number of carbonyl (C=O) groups is 4. The van der Waals surface area contributed by atoms with Crippen LogP contribution in [0.2, 0.25) is 0 Å². The van der Waals surface area contributed by atoms with Gasteiger partial charge in [-0.2, -0.15) is 0 Å². The number of hydrogen-bond donors (Lipinski definition) is 1. The Morgan fingerprint density at radius 3 is 2.29 bits per heavy atom. The van der Waals surface area contributed by atoms with Gasteiger partial charge in [0.1, 0.15) is 11.6 Å². The highest BCUT2D eigenvalue weighted by molar-refractivity contribution is 6.43. The van der Waals surface area contributed by atoms with Crippen LogP contribution in [0.1, 0.15) is 19.3 Å². The van der Waals surface area contributed by atoms with Gasteiger partial charge in [0.05, 0.1) is 20.0 Å². The number of nitrogens with one attached hydrogen (secondary N) is 1. The van der Waals surface area contributed by atoms with E-state index in [1.807, 2.05) is 0 Å². The second kappa shape index (κ2) is 7.88. The molecule has 1 aromatic carbocycles. The van der Waals surface area contributed by atoms with Crippen molar-refractivity contribution in [2.24, 2.45) is 0 Å². The van der Waals surface area contributed by atoms with Gasteiger partial charge in [-0.05, 0) is 24.3 Å². The summed E-state index contributed by atoms with van der Waals surface area (Å²) in [5.41, 5.74) is 0.247. The molecule has 0 spiro atoms. The molecule has 0 saturated heterocycles. The molecule has 7 heteroatoms. The van der Waals surface area contributed by atoms with Crippen molar-refractivity contribution < 1.29 is 28.3 Å². The van der Waals surface area contributed by atoms with Gasteiger partial charge in [-0.25, -0.2) is 4.39 Å². The minimum absolute atomic E-state index is 0.137. The summed E-state index contributed by atoms with van der Waals surface area (Å²) >= 11 is 0. The van der Waals surface area contributed by atoms with E-state index in [4.69, 9.17) is 0 Å². The Kier molecular flexibility index (Phi) is 6.19. The van der Waals surface area contributed by atoms with Gasteiger partial charge in [-0.1, -0.05) is 0 Å². The molecule has 0 aliphatic heterocycles. The molecule has 21 heavy (non-hydrogen) atoms. The van der Waals surface area contributed by atoms with Crippen LogP contribution < -0.4 is 5.32 Å². The highest BCUT2D eigenvalue weighted by atomic mass is 19.1. The molecule has 0 radical (unpaired) electrons. The Labute approximate surface area is 120 Å². The molecule has 112 valence electrons. The number of halogens is 1. The van der Waals surface area contributed by atoms with Crippen LogP contribution in [-0.4, -0.2) is 30.6 Å². The maximum absolute atomic E-state index is 12.7. The van der Waals surface area contributed by atoms with E-state index in [9.17, 15) is 23.6 Å². The fraction of sp³-hybridized carbons (Fsp3) is 0.286. The zero-order chi connectivity index (χ0) is 15.8. The standard InChI is InChI=1S/C14H14FNO5/c1-21-13(19)7-6-11(17)8-12(18)14(20)16-10-4-2-9(15)3-5-10/h2-5H,6-8H2,1H3,(H,16,20). The van der Waals surface area contributed by atoms with Crippen LogP contribution in [0.4, 0.5) is 10.1 Å². The predicted octanol–water partition coefficient (Wildman–Crippen LogP) is 1.25. The number of methoxy groups -OCH3 is 1. The summed E-state index contributed by atoms with van der Waals surface area (Å²) in [6.45, 7) is 0. The summed E-state index contributed by atoms with van der Waals surface area (Å²) in [4.78, 5) is 45.3. The molecule has 0 fully saturated rings. The van der Waals surface area contributed by atoms with E-state index in [0.717, 1.165) is 12.1 Å². The lowest BCUT2D eigenvalue weighted by molar-refractivity contribution is -0.142. The largest absolute Gasteiger partial charge is 0.469 e. The first kappa shape index (κ1) is 16.5. The van der Waals surface area contributed by atoms with Crippen molar-refractivity contribution in [1.29, 1.82) is 0 Å². The third-order valence-electron chi connectivity index (χ3n) is 2.55. The van der Waals surface area contributed by atoms with E-state index in [1.54, 1.807) is 0 Å². The molecule has 1 amide bonds. The van der Waals surface area contributed by atoms with Crippen molar-refractivity contribution in [3.63, 3.8) is 0 Å². The quantitative estimate of drug-likeness (QED) is 0.464. The van der Waals surface area contributed by atoms with Crippen molar-refractivity contribution in [2.45, 2.75) is 19.3 Å². The van der Waals surface area contributed by atoms with Crippen LogP contribution >= 0.6 is 0 Å². The van der Waals surface area contributed by atoms with Crippen molar-refractivity contribution in [3.05, 3.63) is 30.1 Å². The Bertz CT molecular complexity index is 553. The summed E-state index contributed by atoms with van der Waals surface area (Å²) < 4.78 is 17.0. The molecule has 0 aliphatic carbocycles. The van der Waals surface area contributed by atoms with Gasteiger partial charge >= 0.3 is 5.97 Å². The Hall–Kier alpha value is -2.57. The van der Waals surface area contributed by atoms with Gasteiger partial charge in [-0.15, -0.1) is 0 Å². The lowest BCUT2D eigenvalue weighted by Crippen LogP contribution is -2.25. The van der Waals surface area contributed by atoms with Gasteiger partial charge in [0, 0.05) is 12.1 Å². The Morgan fingerprint density at radius 1 is 1.10 bits per heavy atom. The molecule has 1 rings (SSSR count). The number of anilines is 1. The van der Waals surface area contributed by atoms with E-state index < -0.39 is 35.7 Å². The summed E-state index contributed by atoms with van der Waals surface area (Å²) in [5.74, 6) is -3.45. The van der Waals surface area contributed by atoms with Crippen molar-refractivity contribution in [1.82, 2.24) is 0 Å². The zero-order valence-corrected chi connectivity index (χ0v) is 11.3. The monoisotopic (exact) mass is 295 g/mol. The zero-order valence-electron chi connectivity index (χ0n) is 11.3. The maximum atomic E-state index is 12.7. The number of ketones is 2. The average Bonchev–Trinajstić information content (AvgIpc) is 2.46. The molecular weight excluding hydrogens is 281 g/mol. The van der Waals surface area contributed by atoms with E-state index in [1.165, 1.54) is 19.2 Å². The van der Waals surface area contributed by atoms with Crippen molar-refractivity contribution in [3.8, 4) is 0 Å². The van der Waals surface area contributed by atoms with Gasteiger partial charge in [-0.3, -0.25) is 19.2 Å².